The number of rotatable bonds is 10. The fourth-order valence-corrected chi connectivity index (χ4v) is 5.42. The van der Waals surface area contributed by atoms with Crippen LogP contribution in [0.4, 0.5) is 4.79 Å². The molecular weight excluding hydrogens is 498 g/mol. The van der Waals surface area contributed by atoms with E-state index in [-0.39, 0.29) is 13.0 Å². The highest BCUT2D eigenvalue weighted by Crippen LogP contribution is 2.49. The molecule has 1 amide bonds. The van der Waals surface area contributed by atoms with Crippen molar-refractivity contribution in [3.63, 3.8) is 0 Å². The Morgan fingerprint density at radius 2 is 1.56 bits per heavy atom. The van der Waals surface area contributed by atoms with Crippen molar-refractivity contribution in [3.05, 3.63) is 108 Å². The van der Waals surface area contributed by atoms with Crippen molar-refractivity contribution >= 4 is 12.1 Å². The summed E-state index contributed by atoms with van der Waals surface area (Å²) in [5.41, 5.74) is 2.77. The lowest BCUT2D eigenvalue weighted by atomic mass is 9.92. The molecule has 39 heavy (non-hydrogen) atoms. The van der Waals surface area contributed by atoms with Gasteiger partial charge in [-0.2, -0.15) is 0 Å². The second-order valence-corrected chi connectivity index (χ2v) is 9.61. The monoisotopic (exact) mass is 531 g/mol. The van der Waals surface area contributed by atoms with E-state index in [9.17, 15) is 9.59 Å². The van der Waals surface area contributed by atoms with Crippen LogP contribution >= 0.6 is 0 Å². The van der Waals surface area contributed by atoms with Crippen LogP contribution in [-0.4, -0.2) is 48.3 Å². The molecule has 0 bridgehead atoms. The Morgan fingerprint density at radius 3 is 2.18 bits per heavy atom. The number of cyclic esters (lactones) is 1. The fourth-order valence-electron chi connectivity index (χ4n) is 5.42. The van der Waals surface area contributed by atoms with Gasteiger partial charge in [-0.1, -0.05) is 91.0 Å². The third kappa shape index (κ3) is 5.83. The number of esters is 1. The summed E-state index contributed by atoms with van der Waals surface area (Å²) >= 11 is 0. The minimum atomic E-state index is -1.39. The molecule has 0 radical (unpaired) electrons. The maximum Gasteiger partial charge on any atom is 0.411 e. The third-order valence-electron chi connectivity index (χ3n) is 6.99. The molecular formula is C31H33NO7. The van der Waals surface area contributed by atoms with Crippen molar-refractivity contribution in [1.29, 1.82) is 0 Å². The zero-order valence-electron chi connectivity index (χ0n) is 22.1. The van der Waals surface area contributed by atoms with Crippen LogP contribution in [0.25, 0.3) is 0 Å². The van der Waals surface area contributed by atoms with Crippen LogP contribution in [0.2, 0.25) is 0 Å². The fraction of sp³-hybridized carbons (Fsp3) is 0.355. The number of carbonyl (C=O) groups is 2. The van der Waals surface area contributed by atoms with E-state index in [1.807, 2.05) is 97.9 Å². The molecule has 8 nitrogen and oxygen atoms in total. The van der Waals surface area contributed by atoms with Gasteiger partial charge in [-0.25, -0.2) is 4.79 Å². The van der Waals surface area contributed by atoms with Gasteiger partial charge in [-0.05, 0) is 23.6 Å². The number of amides is 1. The highest BCUT2D eigenvalue weighted by Gasteiger charge is 2.60. The summed E-state index contributed by atoms with van der Waals surface area (Å²) in [7, 11) is 0. The second kappa shape index (κ2) is 12.0. The smallest absolute Gasteiger partial charge is 0.411 e. The van der Waals surface area contributed by atoms with E-state index < -0.39 is 42.3 Å². The molecule has 3 aromatic carbocycles. The van der Waals surface area contributed by atoms with E-state index in [4.69, 9.17) is 23.7 Å². The molecule has 0 N–H and O–H groups in total. The average molecular weight is 532 g/mol. The van der Waals surface area contributed by atoms with Crippen molar-refractivity contribution in [2.45, 2.75) is 57.1 Å². The van der Waals surface area contributed by atoms with Gasteiger partial charge in [0.1, 0.15) is 12.6 Å². The largest absolute Gasteiger partial charge is 0.439 e. The van der Waals surface area contributed by atoms with Crippen LogP contribution in [0.1, 0.15) is 49.1 Å². The Balaban J connectivity index is 1.52. The molecule has 0 unspecified atom stereocenters. The highest BCUT2D eigenvalue weighted by atomic mass is 16.8. The maximum absolute atomic E-state index is 13.7. The van der Waals surface area contributed by atoms with Gasteiger partial charge in [0.25, 0.3) is 0 Å². The summed E-state index contributed by atoms with van der Waals surface area (Å²) in [4.78, 5) is 27.3. The van der Waals surface area contributed by atoms with E-state index in [2.05, 4.69) is 0 Å². The zero-order chi connectivity index (χ0) is 27.2. The Kier molecular flexibility index (Phi) is 8.26. The predicted molar refractivity (Wildman–Crippen MR) is 142 cm³/mol. The van der Waals surface area contributed by atoms with Crippen molar-refractivity contribution in [2.75, 3.05) is 13.2 Å². The first-order chi connectivity index (χ1) is 19.0. The van der Waals surface area contributed by atoms with E-state index in [0.717, 1.165) is 16.7 Å². The lowest BCUT2D eigenvalue weighted by molar-refractivity contribution is -0.294. The Hall–Kier alpha value is -3.72. The molecule has 0 saturated carbocycles. The van der Waals surface area contributed by atoms with Crippen molar-refractivity contribution < 1.29 is 33.3 Å². The Labute approximate surface area is 228 Å². The first kappa shape index (κ1) is 26.9. The average Bonchev–Trinajstić information content (AvgIpc) is 3.46. The van der Waals surface area contributed by atoms with Crippen LogP contribution < -0.4 is 0 Å². The van der Waals surface area contributed by atoms with Crippen LogP contribution in [0, 0.1) is 0 Å². The van der Waals surface area contributed by atoms with Gasteiger partial charge in [-0.3, -0.25) is 9.69 Å². The second-order valence-electron chi connectivity index (χ2n) is 9.61. The summed E-state index contributed by atoms with van der Waals surface area (Å²) in [6, 6.07) is 28.0. The molecule has 3 aromatic rings. The van der Waals surface area contributed by atoms with Gasteiger partial charge in [0.2, 0.25) is 12.1 Å². The topological polar surface area (TPSA) is 83.5 Å². The molecule has 2 fully saturated rings. The summed E-state index contributed by atoms with van der Waals surface area (Å²) < 4.78 is 30.2. The quantitative estimate of drug-likeness (QED) is 0.317. The summed E-state index contributed by atoms with van der Waals surface area (Å²) in [6.07, 6.45) is -1.77. The molecule has 0 aliphatic carbocycles. The molecule has 8 heteroatoms. The first-order valence-electron chi connectivity index (χ1n) is 13.2. The standard InChI is InChI=1S/C31H33NO7/c1-3-36-31(21-35-20-23-13-7-4-8-14-23)26(19-27(39-31)37-22(2)33)32-28(24-15-9-5-10-16-24)29(38-30(32)34)25-17-11-6-12-18-25/h4-18,26-29H,3,19-21H2,1-2H3/t26-,27+,28-,29+,31-/m1/s1. The number of hydrogen-bond acceptors (Lipinski definition) is 7. The van der Waals surface area contributed by atoms with Gasteiger partial charge < -0.3 is 23.7 Å². The predicted octanol–water partition coefficient (Wildman–Crippen LogP) is 5.55. The minimum absolute atomic E-state index is 0.0134. The van der Waals surface area contributed by atoms with Crippen molar-refractivity contribution in [2.24, 2.45) is 0 Å². The molecule has 0 spiro atoms. The number of hydrogen-bond donors (Lipinski definition) is 0. The van der Waals surface area contributed by atoms with Crippen LogP contribution in [-0.2, 0) is 35.1 Å². The van der Waals surface area contributed by atoms with E-state index in [1.165, 1.54) is 6.92 Å². The van der Waals surface area contributed by atoms with Gasteiger partial charge in [0, 0.05) is 20.0 Å². The third-order valence-corrected chi connectivity index (χ3v) is 6.99. The van der Waals surface area contributed by atoms with Crippen LogP contribution in [0.15, 0.2) is 91.0 Å². The van der Waals surface area contributed by atoms with E-state index in [0.29, 0.717) is 13.2 Å². The SMILES string of the molecule is CCO[C@]1(COCc2ccccc2)O[C@H](OC(C)=O)C[C@H]1N1C(=O)O[C@@H](c2ccccc2)[C@H]1c1ccccc1. The molecule has 5 atom stereocenters. The summed E-state index contributed by atoms with van der Waals surface area (Å²) in [5, 5.41) is 0. The molecule has 0 aromatic heterocycles. The summed E-state index contributed by atoms with van der Waals surface area (Å²) in [6.45, 7) is 3.80. The molecule has 2 saturated heterocycles. The van der Waals surface area contributed by atoms with E-state index in [1.54, 1.807) is 4.90 Å². The maximum atomic E-state index is 13.7. The zero-order valence-corrected chi connectivity index (χ0v) is 22.1. The van der Waals surface area contributed by atoms with Crippen LogP contribution in [0.3, 0.4) is 0 Å². The van der Waals surface area contributed by atoms with Gasteiger partial charge in [0.15, 0.2) is 6.10 Å². The van der Waals surface area contributed by atoms with Crippen LogP contribution in [0.5, 0.6) is 0 Å². The first-order valence-corrected chi connectivity index (χ1v) is 13.2. The van der Waals surface area contributed by atoms with Gasteiger partial charge in [-0.15, -0.1) is 0 Å². The lowest BCUT2D eigenvalue weighted by Gasteiger charge is -2.39. The van der Waals surface area contributed by atoms with Crippen molar-refractivity contribution in [1.82, 2.24) is 4.90 Å². The highest BCUT2D eigenvalue weighted by molar-refractivity contribution is 5.72. The lowest BCUT2D eigenvalue weighted by Crippen LogP contribution is -2.55. The number of carbonyl (C=O) groups excluding carboxylic acids is 2. The number of ether oxygens (including phenoxy) is 5. The van der Waals surface area contributed by atoms with Crippen molar-refractivity contribution in [3.8, 4) is 0 Å². The number of benzene rings is 3. The minimum Gasteiger partial charge on any atom is -0.439 e. The van der Waals surface area contributed by atoms with Gasteiger partial charge >= 0.3 is 12.1 Å². The molecule has 204 valence electrons. The molecule has 2 aliphatic rings. The molecule has 5 rings (SSSR count). The summed E-state index contributed by atoms with van der Waals surface area (Å²) in [5.74, 6) is -1.87. The normalized spacial score (nSPS) is 26.4. The number of nitrogens with zero attached hydrogens (tertiary/aromatic N) is 1. The van der Waals surface area contributed by atoms with Gasteiger partial charge in [0.05, 0.1) is 12.6 Å². The Morgan fingerprint density at radius 1 is 0.949 bits per heavy atom. The Bertz CT molecular complexity index is 1240. The molecule has 2 heterocycles. The van der Waals surface area contributed by atoms with E-state index >= 15 is 0 Å². The molecule has 2 aliphatic heterocycles.